The summed E-state index contributed by atoms with van der Waals surface area (Å²) in [7, 11) is 0. The van der Waals surface area contributed by atoms with Crippen molar-refractivity contribution in [2.45, 2.75) is 25.7 Å². The molecule has 5 aromatic rings. The predicted octanol–water partition coefficient (Wildman–Crippen LogP) is 7.87. The Morgan fingerprint density at radius 2 is 1.33 bits per heavy atom. The molecule has 0 bridgehead atoms. The first-order chi connectivity index (χ1) is 14.6. The molecule has 0 saturated heterocycles. The van der Waals surface area contributed by atoms with Crippen LogP contribution in [0.15, 0.2) is 84.9 Å². The Kier molecular flexibility index (Phi) is 2.96. The average molecular weight is 383 g/mol. The van der Waals surface area contributed by atoms with Gasteiger partial charge in [-0.1, -0.05) is 86.6 Å². The van der Waals surface area contributed by atoms with E-state index >= 15 is 0 Å². The van der Waals surface area contributed by atoms with E-state index in [4.69, 9.17) is 0 Å². The van der Waals surface area contributed by atoms with E-state index in [9.17, 15) is 0 Å². The molecule has 142 valence electrons. The highest BCUT2D eigenvalue weighted by Crippen LogP contribution is 2.56. The topological polar surface area (TPSA) is 0 Å². The molecule has 0 unspecified atom stereocenters. The summed E-state index contributed by atoms with van der Waals surface area (Å²) in [6, 6.07) is 31.9. The van der Waals surface area contributed by atoms with Crippen LogP contribution >= 0.6 is 0 Å². The highest BCUT2D eigenvalue weighted by atomic mass is 14.4. The molecule has 0 radical (unpaired) electrons. The van der Waals surface area contributed by atoms with Gasteiger partial charge in [0.25, 0.3) is 0 Å². The van der Waals surface area contributed by atoms with Crippen LogP contribution in [0.5, 0.6) is 0 Å². The third-order valence-corrected chi connectivity index (χ3v) is 7.47. The smallest absolute Gasteiger partial charge is 0.0159 e. The molecule has 30 heavy (non-hydrogen) atoms. The molecule has 0 atom stereocenters. The maximum absolute atomic E-state index is 2.43. The van der Waals surface area contributed by atoms with Crippen molar-refractivity contribution in [2.75, 3.05) is 0 Å². The van der Waals surface area contributed by atoms with Crippen LogP contribution in [0.4, 0.5) is 0 Å². The molecular weight excluding hydrogens is 360 g/mol. The minimum atomic E-state index is 0.0172. The molecule has 0 spiro atoms. The van der Waals surface area contributed by atoms with Crippen LogP contribution in [0.2, 0.25) is 0 Å². The van der Waals surface area contributed by atoms with Crippen LogP contribution in [0.25, 0.3) is 43.8 Å². The maximum atomic E-state index is 2.43. The Hall–Kier alpha value is -3.38. The fourth-order valence-corrected chi connectivity index (χ4v) is 5.96. The molecule has 0 fully saturated rings. The van der Waals surface area contributed by atoms with E-state index in [1.54, 1.807) is 0 Å². The summed E-state index contributed by atoms with van der Waals surface area (Å²) in [6.07, 6.45) is 1.03. The normalized spacial score (nSPS) is 15.1. The summed E-state index contributed by atoms with van der Waals surface area (Å²) >= 11 is 0. The lowest BCUT2D eigenvalue weighted by Crippen LogP contribution is -2.15. The lowest BCUT2D eigenvalue weighted by Gasteiger charge is -2.22. The Balaban J connectivity index is 1.60. The van der Waals surface area contributed by atoms with E-state index < -0.39 is 0 Å². The number of hydrogen-bond donors (Lipinski definition) is 0. The van der Waals surface area contributed by atoms with E-state index in [0.29, 0.717) is 0 Å². The van der Waals surface area contributed by atoms with E-state index in [0.717, 1.165) is 6.42 Å². The zero-order valence-electron chi connectivity index (χ0n) is 17.3. The second-order valence-electron chi connectivity index (χ2n) is 9.38. The summed E-state index contributed by atoms with van der Waals surface area (Å²) in [4.78, 5) is 0. The number of benzene rings is 5. The van der Waals surface area contributed by atoms with E-state index in [1.165, 1.54) is 66.1 Å². The summed E-state index contributed by atoms with van der Waals surface area (Å²) in [5.41, 5.74) is 11.7. The van der Waals surface area contributed by atoms with E-state index in [-0.39, 0.29) is 5.41 Å². The van der Waals surface area contributed by atoms with Gasteiger partial charge in [-0.3, -0.25) is 0 Å². The molecule has 0 aromatic heterocycles. The Morgan fingerprint density at radius 1 is 0.600 bits per heavy atom. The summed E-state index contributed by atoms with van der Waals surface area (Å²) < 4.78 is 0. The molecular formula is C30H22. The van der Waals surface area contributed by atoms with Gasteiger partial charge < -0.3 is 0 Å². The van der Waals surface area contributed by atoms with Crippen molar-refractivity contribution in [2.24, 2.45) is 0 Å². The van der Waals surface area contributed by atoms with Gasteiger partial charge in [0, 0.05) is 5.41 Å². The van der Waals surface area contributed by atoms with Crippen molar-refractivity contribution in [1.29, 1.82) is 0 Å². The molecule has 0 aliphatic heterocycles. The highest BCUT2D eigenvalue weighted by Gasteiger charge is 2.39. The van der Waals surface area contributed by atoms with Crippen LogP contribution in [-0.4, -0.2) is 0 Å². The van der Waals surface area contributed by atoms with Gasteiger partial charge in [-0.05, 0) is 84.6 Å². The van der Waals surface area contributed by atoms with Crippen molar-refractivity contribution in [1.82, 2.24) is 0 Å². The molecule has 0 heterocycles. The first-order valence-corrected chi connectivity index (χ1v) is 10.8. The quantitative estimate of drug-likeness (QED) is 0.251. The lowest BCUT2D eigenvalue weighted by molar-refractivity contribution is 0.661. The Morgan fingerprint density at radius 3 is 2.17 bits per heavy atom. The SMILES string of the molecule is CC1(C)c2cc3ccccc3cc2-c2c1ccc1c2-c2ccc3ccccc3c2C1. The van der Waals surface area contributed by atoms with Crippen molar-refractivity contribution in [3.63, 3.8) is 0 Å². The molecule has 0 saturated carbocycles. The van der Waals surface area contributed by atoms with Crippen molar-refractivity contribution < 1.29 is 0 Å². The van der Waals surface area contributed by atoms with Crippen molar-refractivity contribution in [3.8, 4) is 22.3 Å². The molecule has 0 N–H and O–H groups in total. The lowest BCUT2D eigenvalue weighted by atomic mass is 9.81. The number of hydrogen-bond acceptors (Lipinski definition) is 0. The van der Waals surface area contributed by atoms with E-state index in [2.05, 4.69) is 98.8 Å². The van der Waals surface area contributed by atoms with Crippen LogP contribution in [0.3, 0.4) is 0 Å². The largest absolute Gasteiger partial charge is 0.0616 e. The molecule has 2 aliphatic carbocycles. The van der Waals surface area contributed by atoms with Crippen molar-refractivity contribution in [3.05, 3.63) is 107 Å². The molecule has 2 aliphatic rings. The van der Waals surface area contributed by atoms with Crippen LogP contribution in [-0.2, 0) is 11.8 Å². The fraction of sp³-hybridized carbons (Fsp3) is 0.133. The van der Waals surface area contributed by atoms with Crippen LogP contribution in [0.1, 0.15) is 36.1 Å². The van der Waals surface area contributed by atoms with E-state index in [1.807, 2.05) is 0 Å². The first-order valence-electron chi connectivity index (χ1n) is 10.8. The second-order valence-corrected chi connectivity index (χ2v) is 9.38. The third-order valence-electron chi connectivity index (χ3n) is 7.47. The molecule has 0 amide bonds. The van der Waals surface area contributed by atoms with Gasteiger partial charge in [0.05, 0.1) is 0 Å². The molecule has 0 nitrogen and oxygen atoms in total. The van der Waals surface area contributed by atoms with Crippen LogP contribution < -0.4 is 0 Å². The van der Waals surface area contributed by atoms with Crippen molar-refractivity contribution >= 4 is 21.5 Å². The number of fused-ring (bicyclic) bond motifs is 10. The van der Waals surface area contributed by atoms with Gasteiger partial charge in [0.15, 0.2) is 0 Å². The van der Waals surface area contributed by atoms with Gasteiger partial charge in [0.2, 0.25) is 0 Å². The Bertz CT molecular complexity index is 1530. The first kappa shape index (κ1) is 16.4. The van der Waals surface area contributed by atoms with Gasteiger partial charge in [-0.2, -0.15) is 0 Å². The summed E-state index contributed by atoms with van der Waals surface area (Å²) in [5, 5.41) is 5.40. The van der Waals surface area contributed by atoms with Gasteiger partial charge in [-0.25, -0.2) is 0 Å². The summed E-state index contributed by atoms with van der Waals surface area (Å²) in [6.45, 7) is 4.77. The number of rotatable bonds is 0. The fourth-order valence-electron chi connectivity index (χ4n) is 5.96. The van der Waals surface area contributed by atoms with Gasteiger partial charge >= 0.3 is 0 Å². The Labute approximate surface area is 176 Å². The van der Waals surface area contributed by atoms with Gasteiger partial charge in [0.1, 0.15) is 0 Å². The molecule has 5 aromatic carbocycles. The second kappa shape index (κ2) is 5.40. The predicted molar refractivity (Wildman–Crippen MR) is 127 cm³/mol. The zero-order valence-corrected chi connectivity index (χ0v) is 17.3. The molecule has 7 rings (SSSR count). The minimum Gasteiger partial charge on any atom is -0.0616 e. The summed E-state index contributed by atoms with van der Waals surface area (Å²) in [5.74, 6) is 0. The maximum Gasteiger partial charge on any atom is 0.0159 e. The minimum absolute atomic E-state index is 0.0172. The average Bonchev–Trinajstić information content (AvgIpc) is 3.26. The van der Waals surface area contributed by atoms with Gasteiger partial charge in [-0.15, -0.1) is 0 Å². The zero-order chi connectivity index (χ0) is 20.0. The monoisotopic (exact) mass is 382 g/mol. The standard InChI is InChI=1S/C30H22/c1-30(2)26-14-12-21-16-24-22-10-6-5-7-18(22)11-13-23(24)28(21)29(26)25-15-19-8-3-4-9-20(19)17-27(25)30/h3-15,17H,16H2,1-2H3. The van der Waals surface area contributed by atoms with Crippen LogP contribution in [0, 0.1) is 0 Å². The highest BCUT2D eigenvalue weighted by molar-refractivity contribution is 6.04. The molecule has 0 heteroatoms. The third kappa shape index (κ3) is 1.92.